The quantitative estimate of drug-likeness (QED) is 0.471. The van der Waals surface area contributed by atoms with Crippen molar-refractivity contribution in [1.29, 1.82) is 0 Å². The first-order valence-corrected chi connectivity index (χ1v) is 6.50. The predicted octanol–water partition coefficient (Wildman–Crippen LogP) is 2.97. The summed E-state index contributed by atoms with van der Waals surface area (Å²) < 4.78 is 6.34. The first kappa shape index (κ1) is 13.5. The maximum Gasteiger partial charge on any atom is 0.0997 e. The van der Waals surface area contributed by atoms with Crippen molar-refractivity contribution >= 4 is 22.6 Å². The lowest BCUT2D eigenvalue weighted by Crippen LogP contribution is -2.30. The van der Waals surface area contributed by atoms with Crippen LogP contribution < -0.4 is 5.32 Å². The Morgan fingerprint density at radius 1 is 1.56 bits per heavy atom. The Morgan fingerprint density at radius 3 is 3.06 bits per heavy atom. The molecule has 1 rings (SSSR count). The van der Waals surface area contributed by atoms with Gasteiger partial charge in [-0.2, -0.15) is 0 Å². The van der Waals surface area contributed by atoms with Crippen molar-refractivity contribution in [2.75, 3.05) is 13.2 Å². The largest absolute Gasteiger partial charge is 0.500 e. The summed E-state index contributed by atoms with van der Waals surface area (Å²) in [5.41, 5.74) is 1.37. The van der Waals surface area contributed by atoms with Crippen LogP contribution in [0.1, 0.15) is 12.5 Å². The van der Waals surface area contributed by atoms with E-state index in [1.54, 1.807) is 0 Å². The fourth-order valence-electron chi connectivity index (χ4n) is 1.54. The van der Waals surface area contributed by atoms with Gasteiger partial charge in [-0.3, -0.25) is 0 Å². The van der Waals surface area contributed by atoms with Crippen molar-refractivity contribution in [1.82, 2.24) is 5.32 Å². The summed E-state index contributed by atoms with van der Waals surface area (Å²) in [6.07, 6.45) is 2.52. The average molecular weight is 331 g/mol. The molecule has 0 spiro atoms. The zero-order valence-corrected chi connectivity index (χ0v) is 11.7. The number of ether oxygens (including phenoxy) is 1. The molecule has 0 aliphatic carbocycles. The van der Waals surface area contributed by atoms with Crippen LogP contribution in [-0.2, 0) is 11.2 Å². The highest BCUT2D eigenvalue weighted by Crippen LogP contribution is 2.09. The number of hydrogen-bond acceptors (Lipinski definition) is 2. The van der Waals surface area contributed by atoms with Gasteiger partial charge in [0.2, 0.25) is 0 Å². The molecule has 0 saturated heterocycles. The molecule has 1 aromatic rings. The number of rotatable bonds is 7. The Labute approximate surface area is 111 Å². The third-order valence-electron chi connectivity index (χ3n) is 2.26. The molecular formula is C13H18INO. The van der Waals surface area contributed by atoms with Crippen LogP contribution in [0.3, 0.4) is 0 Å². The minimum Gasteiger partial charge on any atom is -0.500 e. The zero-order chi connectivity index (χ0) is 11.8. The molecule has 0 amide bonds. The lowest BCUT2D eigenvalue weighted by molar-refractivity contribution is 0.245. The lowest BCUT2D eigenvalue weighted by atomic mass is 10.1. The highest BCUT2D eigenvalue weighted by Gasteiger charge is 2.02. The highest BCUT2D eigenvalue weighted by molar-refractivity contribution is 14.1. The van der Waals surface area contributed by atoms with Crippen molar-refractivity contribution < 1.29 is 4.74 Å². The van der Waals surface area contributed by atoms with Crippen molar-refractivity contribution in [3.05, 3.63) is 46.2 Å². The van der Waals surface area contributed by atoms with Crippen LogP contribution in [0.25, 0.3) is 0 Å². The van der Waals surface area contributed by atoms with E-state index >= 15 is 0 Å². The molecule has 0 bridgehead atoms. The van der Waals surface area contributed by atoms with Gasteiger partial charge in [-0.05, 0) is 53.6 Å². The lowest BCUT2D eigenvalue weighted by Gasteiger charge is -2.13. The van der Waals surface area contributed by atoms with Gasteiger partial charge in [-0.25, -0.2) is 0 Å². The molecule has 0 aromatic heterocycles. The van der Waals surface area contributed by atoms with E-state index in [4.69, 9.17) is 4.74 Å². The van der Waals surface area contributed by atoms with E-state index in [-0.39, 0.29) is 0 Å². The van der Waals surface area contributed by atoms with Crippen molar-refractivity contribution in [2.24, 2.45) is 0 Å². The monoisotopic (exact) mass is 331 g/mol. The molecule has 0 radical (unpaired) electrons. The SMILES string of the molecule is C=COCCNC(C)Cc1cccc(I)c1. The summed E-state index contributed by atoms with van der Waals surface area (Å²) in [4.78, 5) is 0. The molecule has 1 unspecified atom stereocenters. The fourth-order valence-corrected chi connectivity index (χ4v) is 2.14. The first-order valence-electron chi connectivity index (χ1n) is 5.42. The van der Waals surface area contributed by atoms with Crippen molar-refractivity contribution in [3.8, 4) is 0 Å². The number of hydrogen-bond donors (Lipinski definition) is 1. The standard InChI is InChI=1S/C13H18INO/c1-3-16-8-7-15-11(2)9-12-5-4-6-13(14)10-12/h3-6,10-11,15H,1,7-9H2,2H3. The van der Waals surface area contributed by atoms with E-state index in [1.807, 2.05) is 0 Å². The van der Waals surface area contributed by atoms with Crippen LogP contribution in [0.5, 0.6) is 0 Å². The van der Waals surface area contributed by atoms with E-state index < -0.39 is 0 Å². The Bertz CT molecular complexity index is 327. The van der Waals surface area contributed by atoms with Crippen LogP contribution in [0.15, 0.2) is 37.1 Å². The normalized spacial score (nSPS) is 12.1. The molecule has 3 heteroatoms. The van der Waals surface area contributed by atoms with Gasteiger partial charge in [-0.1, -0.05) is 18.7 Å². The third kappa shape index (κ3) is 5.51. The number of halogens is 1. The molecular weight excluding hydrogens is 313 g/mol. The number of nitrogens with one attached hydrogen (secondary N) is 1. The fraction of sp³-hybridized carbons (Fsp3) is 0.385. The van der Waals surface area contributed by atoms with Crippen molar-refractivity contribution in [3.63, 3.8) is 0 Å². The van der Waals surface area contributed by atoms with Gasteiger partial charge < -0.3 is 10.1 Å². The molecule has 1 N–H and O–H groups in total. The predicted molar refractivity (Wildman–Crippen MR) is 76.5 cm³/mol. The Morgan fingerprint density at radius 2 is 2.38 bits per heavy atom. The Hall–Kier alpha value is -0.550. The van der Waals surface area contributed by atoms with Gasteiger partial charge in [0.15, 0.2) is 0 Å². The van der Waals surface area contributed by atoms with Crippen LogP contribution >= 0.6 is 22.6 Å². The highest BCUT2D eigenvalue weighted by atomic mass is 127. The van der Waals surface area contributed by atoms with E-state index in [2.05, 4.69) is 65.7 Å². The topological polar surface area (TPSA) is 21.3 Å². The van der Waals surface area contributed by atoms with Gasteiger partial charge in [0.05, 0.1) is 12.9 Å². The maximum atomic E-state index is 5.05. The van der Waals surface area contributed by atoms with Crippen LogP contribution in [0.2, 0.25) is 0 Å². The van der Waals surface area contributed by atoms with Crippen LogP contribution in [-0.4, -0.2) is 19.2 Å². The Balaban J connectivity index is 2.28. The Kier molecular flexibility index (Phi) is 6.49. The third-order valence-corrected chi connectivity index (χ3v) is 2.93. The van der Waals surface area contributed by atoms with E-state index in [9.17, 15) is 0 Å². The molecule has 0 aliphatic rings. The molecule has 1 atom stereocenters. The van der Waals surface area contributed by atoms with Gasteiger partial charge >= 0.3 is 0 Å². The zero-order valence-electron chi connectivity index (χ0n) is 9.58. The van der Waals surface area contributed by atoms with Crippen LogP contribution in [0.4, 0.5) is 0 Å². The molecule has 0 fully saturated rings. The van der Waals surface area contributed by atoms with Gasteiger partial charge in [0.1, 0.15) is 0 Å². The molecule has 88 valence electrons. The molecule has 2 nitrogen and oxygen atoms in total. The molecule has 0 aliphatic heterocycles. The summed E-state index contributed by atoms with van der Waals surface area (Å²) >= 11 is 2.34. The second-order valence-corrected chi connectivity index (χ2v) is 4.97. The maximum absolute atomic E-state index is 5.05. The average Bonchev–Trinajstić information content (AvgIpc) is 2.24. The second-order valence-electron chi connectivity index (χ2n) is 3.73. The van der Waals surface area contributed by atoms with E-state index in [0.717, 1.165) is 13.0 Å². The summed E-state index contributed by atoms with van der Waals surface area (Å²) in [5.74, 6) is 0. The number of benzene rings is 1. The summed E-state index contributed by atoms with van der Waals surface area (Å²) in [7, 11) is 0. The van der Waals surface area contributed by atoms with Gasteiger partial charge in [0.25, 0.3) is 0 Å². The summed E-state index contributed by atoms with van der Waals surface area (Å²) in [6.45, 7) is 7.23. The molecule has 0 saturated carbocycles. The van der Waals surface area contributed by atoms with Crippen molar-refractivity contribution in [2.45, 2.75) is 19.4 Å². The minimum absolute atomic E-state index is 0.464. The second kappa shape index (κ2) is 7.68. The molecule has 0 heterocycles. The smallest absolute Gasteiger partial charge is 0.0997 e. The van der Waals surface area contributed by atoms with E-state index in [1.165, 1.54) is 15.4 Å². The van der Waals surface area contributed by atoms with Gasteiger partial charge in [0, 0.05) is 16.2 Å². The summed E-state index contributed by atoms with van der Waals surface area (Å²) in [6, 6.07) is 9.07. The first-order chi connectivity index (χ1) is 7.72. The summed E-state index contributed by atoms with van der Waals surface area (Å²) in [5, 5.41) is 3.41. The van der Waals surface area contributed by atoms with Gasteiger partial charge in [-0.15, -0.1) is 0 Å². The molecule has 16 heavy (non-hydrogen) atoms. The minimum atomic E-state index is 0.464. The molecule has 1 aromatic carbocycles. The van der Waals surface area contributed by atoms with Crippen LogP contribution in [0, 0.1) is 3.57 Å². The van der Waals surface area contributed by atoms with E-state index in [0.29, 0.717) is 12.6 Å².